The third kappa shape index (κ3) is 2.35. The van der Waals surface area contributed by atoms with Crippen molar-refractivity contribution in [3.63, 3.8) is 0 Å². The van der Waals surface area contributed by atoms with Crippen LogP contribution in [-0.2, 0) is 11.3 Å². The highest BCUT2D eigenvalue weighted by Gasteiger charge is 2.29. The Kier molecular flexibility index (Phi) is 3.61. The molecule has 22 heavy (non-hydrogen) atoms. The number of aryl methyl sites for hydroxylation is 2. The van der Waals surface area contributed by atoms with Crippen LogP contribution < -0.4 is 10.2 Å². The van der Waals surface area contributed by atoms with E-state index in [1.807, 2.05) is 19.9 Å². The van der Waals surface area contributed by atoms with Crippen LogP contribution in [0.1, 0.15) is 22.4 Å². The summed E-state index contributed by atoms with van der Waals surface area (Å²) < 4.78 is 11.1. The Morgan fingerprint density at radius 3 is 2.82 bits per heavy atom. The first kappa shape index (κ1) is 14.6. The number of ether oxygens (including phenoxy) is 1. The molecule has 0 saturated carbocycles. The first-order valence-corrected chi connectivity index (χ1v) is 6.97. The average Bonchev–Trinajstić information content (AvgIpc) is 2.84. The Morgan fingerprint density at radius 1 is 1.36 bits per heavy atom. The van der Waals surface area contributed by atoms with Gasteiger partial charge in [0.05, 0.1) is 13.2 Å². The molecule has 0 fully saturated rings. The summed E-state index contributed by atoms with van der Waals surface area (Å²) in [5.74, 6) is 1.14. The molecule has 5 nitrogen and oxygen atoms in total. The van der Waals surface area contributed by atoms with Gasteiger partial charge in [-0.05, 0) is 55.1 Å². The van der Waals surface area contributed by atoms with Crippen LogP contribution in [0, 0.1) is 27.3 Å². The predicted octanol–water partition coefficient (Wildman–Crippen LogP) is 2.57. The molecular weight excluding hydrogens is 279 g/mol. The Hall–Kier alpha value is -2.36. The van der Waals surface area contributed by atoms with Gasteiger partial charge in [0.15, 0.2) is 0 Å². The van der Waals surface area contributed by atoms with Crippen LogP contribution in [0.5, 0.6) is 11.6 Å². The lowest BCUT2D eigenvalue weighted by atomic mass is 9.78. The molecule has 1 aliphatic heterocycles. The molecule has 2 heterocycles. The van der Waals surface area contributed by atoms with E-state index >= 15 is 0 Å². The van der Waals surface area contributed by atoms with Crippen molar-refractivity contribution in [3.8, 4) is 11.6 Å². The molecule has 0 saturated heterocycles. The molecule has 110 valence electrons. The zero-order valence-corrected chi connectivity index (χ0v) is 12.7. The minimum Gasteiger partial charge on any atom is -0.439 e. The van der Waals surface area contributed by atoms with Gasteiger partial charge >= 0.3 is 7.12 Å². The van der Waals surface area contributed by atoms with Crippen LogP contribution in [0.25, 0.3) is 4.85 Å². The molecule has 0 unspecified atom stereocenters. The molecule has 6 heteroatoms. The van der Waals surface area contributed by atoms with E-state index in [4.69, 9.17) is 16.0 Å². The normalized spacial score (nSPS) is 13.0. The van der Waals surface area contributed by atoms with Gasteiger partial charge in [-0.3, -0.25) is 0 Å². The molecule has 2 aromatic rings. The second-order valence-electron chi connectivity index (χ2n) is 5.35. The molecule has 0 bridgehead atoms. The molecule has 1 N–H and O–H groups in total. The number of aromatic nitrogens is 1. The highest BCUT2D eigenvalue weighted by atomic mass is 16.5. The van der Waals surface area contributed by atoms with Gasteiger partial charge in [-0.1, -0.05) is 6.07 Å². The van der Waals surface area contributed by atoms with Crippen molar-refractivity contribution in [2.24, 2.45) is 0 Å². The fourth-order valence-corrected chi connectivity index (χ4v) is 2.67. The predicted molar refractivity (Wildman–Crippen MR) is 83.6 cm³/mol. The molecule has 3 rings (SSSR count). The summed E-state index contributed by atoms with van der Waals surface area (Å²) in [5.41, 5.74) is 4.73. The summed E-state index contributed by atoms with van der Waals surface area (Å²) in [4.78, 5) is 7.81. The van der Waals surface area contributed by atoms with Crippen LogP contribution in [-0.4, -0.2) is 17.1 Å². The summed E-state index contributed by atoms with van der Waals surface area (Å²) >= 11 is 0. The summed E-state index contributed by atoms with van der Waals surface area (Å²) in [6, 6.07) is 5.38. The first-order valence-electron chi connectivity index (χ1n) is 6.97. The quantitative estimate of drug-likeness (QED) is 0.683. The number of hydrogen-bond donors (Lipinski definition) is 1. The van der Waals surface area contributed by atoms with Gasteiger partial charge in [0.25, 0.3) is 0 Å². The van der Waals surface area contributed by atoms with E-state index in [1.54, 1.807) is 19.1 Å². The monoisotopic (exact) mass is 294 g/mol. The van der Waals surface area contributed by atoms with Crippen LogP contribution in [0.4, 0.5) is 5.69 Å². The number of hydrogen-bond acceptors (Lipinski definition) is 4. The first-order chi connectivity index (χ1) is 10.5. The maximum Gasteiger partial charge on any atom is 0.491 e. The summed E-state index contributed by atoms with van der Waals surface area (Å²) in [6.07, 6.45) is 0. The van der Waals surface area contributed by atoms with Crippen molar-refractivity contribution in [1.29, 1.82) is 0 Å². The Balaban J connectivity index is 1.97. The molecular formula is C16H15BN2O3. The zero-order chi connectivity index (χ0) is 15.9. The van der Waals surface area contributed by atoms with Crippen LogP contribution >= 0.6 is 0 Å². The largest absolute Gasteiger partial charge is 0.491 e. The Labute approximate surface area is 129 Å². The zero-order valence-electron chi connectivity index (χ0n) is 12.7. The number of fused-ring (bicyclic) bond motifs is 1. The van der Waals surface area contributed by atoms with Gasteiger partial charge in [-0.15, -0.1) is 0 Å². The van der Waals surface area contributed by atoms with E-state index in [0.29, 0.717) is 29.6 Å². The van der Waals surface area contributed by atoms with Crippen LogP contribution in [0.3, 0.4) is 0 Å². The lowest BCUT2D eigenvalue weighted by Gasteiger charge is -2.12. The van der Waals surface area contributed by atoms with Crippen molar-refractivity contribution in [2.75, 3.05) is 0 Å². The van der Waals surface area contributed by atoms with E-state index < -0.39 is 7.12 Å². The van der Waals surface area contributed by atoms with Crippen LogP contribution in [0.15, 0.2) is 18.2 Å². The van der Waals surface area contributed by atoms with Gasteiger partial charge in [0.2, 0.25) is 11.6 Å². The Morgan fingerprint density at radius 2 is 2.14 bits per heavy atom. The van der Waals surface area contributed by atoms with Crippen molar-refractivity contribution in [3.05, 3.63) is 52.0 Å². The van der Waals surface area contributed by atoms with E-state index in [0.717, 1.165) is 22.2 Å². The molecule has 1 aromatic carbocycles. The van der Waals surface area contributed by atoms with E-state index in [1.165, 1.54) is 0 Å². The number of pyridine rings is 1. The van der Waals surface area contributed by atoms with Crippen molar-refractivity contribution in [2.45, 2.75) is 27.4 Å². The van der Waals surface area contributed by atoms with Crippen molar-refractivity contribution >= 4 is 18.3 Å². The highest BCUT2D eigenvalue weighted by Crippen LogP contribution is 2.31. The standard InChI is InChI=1S/C16H15BN2O3/c1-9-7-15(19-11(3)16(9)18-4)22-14-6-5-13-12(10(14)2)8-21-17(13)20/h5-7,20H,8H2,1-3H3. The second kappa shape index (κ2) is 5.45. The van der Waals surface area contributed by atoms with Crippen LogP contribution in [0.2, 0.25) is 0 Å². The smallest absolute Gasteiger partial charge is 0.439 e. The molecule has 0 spiro atoms. The van der Waals surface area contributed by atoms with Crippen molar-refractivity contribution in [1.82, 2.24) is 4.98 Å². The SMILES string of the molecule is [C-]#[N+]c1c(C)cc(Oc2ccc3c(c2C)COB3O)nc1C. The minimum absolute atomic E-state index is 0.377. The van der Waals surface area contributed by atoms with E-state index in [2.05, 4.69) is 9.83 Å². The molecule has 0 amide bonds. The van der Waals surface area contributed by atoms with E-state index in [-0.39, 0.29) is 0 Å². The fraction of sp³-hybridized carbons (Fsp3) is 0.250. The maximum atomic E-state index is 9.71. The topological polar surface area (TPSA) is 55.9 Å². The average molecular weight is 294 g/mol. The van der Waals surface area contributed by atoms with E-state index in [9.17, 15) is 5.02 Å². The van der Waals surface area contributed by atoms with Gasteiger partial charge in [-0.25, -0.2) is 9.83 Å². The lowest BCUT2D eigenvalue weighted by molar-refractivity contribution is 0.274. The molecule has 0 aliphatic carbocycles. The highest BCUT2D eigenvalue weighted by molar-refractivity contribution is 6.61. The molecule has 0 atom stereocenters. The second-order valence-corrected chi connectivity index (χ2v) is 5.35. The Bertz CT molecular complexity index is 776. The molecule has 1 aliphatic rings. The van der Waals surface area contributed by atoms with Gasteiger partial charge in [0, 0.05) is 5.69 Å². The number of benzene rings is 1. The molecule has 0 radical (unpaired) electrons. The summed E-state index contributed by atoms with van der Waals surface area (Å²) in [7, 11) is -0.858. The van der Waals surface area contributed by atoms with Crippen molar-refractivity contribution < 1.29 is 14.4 Å². The lowest BCUT2D eigenvalue weighted by Crippen LogP contribution is -2.28. The molecule has 1 aromatic heterocycles. The van der Waals surface area contributed by atoms with Gasteiger partial charge < -0.3 is 14.4 Å². The number of nitrogens with zero attached hydrogens (tertiary/aromatic N) is 2. The fourth-order valence-electron chi connectivity index (χ4n) is 2.67. The summed E-state index contributed by atoms with van der Waals surface area (Å²) in [6.45, 7) is 13.1. The maximum absolute atomic E-state index is 9.71. The third-order valence-electron chi connectivity index (χ3n) is 3.90. The number of rotatable bonds is 2. The third-order valence-corrected chi connectivity index (χ3v) is 3.90. The van der Waals surface area contributed by atoms with Gasteiger partial charge in [-0.2, -0.15) is 0 Å². The van der Waals surface area contributed by atoms with Gasteiger partial charge in [0.1, 0.15) is 5.75 Å². The minimum atomic E-state index is -0.858. The summed E-state index contributed by atoms with van der Waals surface area (Å²) in [5, 5.41) is 9.71.